The molecule has 0 bridgehead atoms. The van der Waals surface area contributed by atoms with Crippen LogP contribution in [0.25, 0.3) is 16.7 Å². The first-order valence-corrected chi connectivity index (χ1v) is 10.4. The maximum Gasteiger partial charge on any atom is 0.339 e. The molecule has 7 heteroatoms. The van der Waals surface area contributed by atoms with E-state index in [1.54, 1.807) is 25.7 Å². The van der Waals surface area contributed by atoms with Crippen LogP contribution in [0, 0.1) is 6.92 Å². The Morgan fingerprint density at radius 3 is 2.69 bits per heavy atom. The van der Waals surface area contributed by atoms with E-state index in [0.717, 1.165) is 22.2 Å². The van der Waals surface area contributed by atoms with E-state index in [2.05, 4.69) is 10.3 Å². The molecule has 0 saturated carbocycles. The maximum atomic E-state index is 12.6. The van der Waals surface area contributed by atoms with Gasteiger partial charge in [-0.05, 0) is 55.7 Å². The van der Waals surface area contributed by atoms with Gasteiger partial charge in [0.1, 0.15) is 11.3 Å². The number of methoxy groups -OCH3 is 1. The number of benzene rings is 2. The van der Waals surface area contributed by atoms with E-state index in [-0.39, 0.29) is 18.4 Å². The van der Waals surface area contributed by atoms with Crippen molar-refractivity contribution < 1.29 is 13.9 Å². The smallest absolute Gasteiger partial charge is 0.339 e. The number of aromatic nitrogens is 2. The van der Waals surface area contributed by atoms with Gasteiger partial charge in [0.25, 0.3) is 0 Å². The van der Waals surface area contributed by atoms with Crippen LogP contribution in [0.4, 0.5) is 0 Å². The molecule has 0 unspecified atom stereocenters. The van der Waals surface area contributed by atoms with E-state index in [9.17, 15) is 9.59 Å². The Kier molecular flexibility index (Phi) is 6.07. The van der Waals surface area contributed by atoms with E-state index in [0.29, 0.717) is 23.3 Å². The molecule has 1 N–H and O–H groups in total. The number of nitrogens with zero attached hydrogens (tertiary/aromatic N) is 2. The number of ether oxygens (including phenoxy) is 1. The summed E-state index contributed by atoms with van der Waals surface area (Å²) in [5.41, 5.74) is 3.41. The van der Waals surface area contributed by atoms with E-state index >= 15 is 0 Å². The topological polar surface area (TPSA) is 86.4 Å². The molecule has 7 nitrogen and oxygen atoms in total. The number of hydrogen-bond donors (Lipinski definition) is 1. The fourth-order valence-corrected chi connectivity index (χ4v) is 3.77. The Hall–Kier alpha value is -3.87. The van der Waals surface area contributed by atoms with E-state index in [1.165, 1.54) is 0 Å². The van der Waals surface area contributed by atoms with Crippen LogP contribution in [-0.4, -0.2) is 22.6 Å². The van der Waals surface area contributed by atoms with Gasteiger partial charge in [-0.1, -0.05) is 12.1 Å². The normalized spacial score (nSPS) is 12.0. The quantitative estimate of drug-likeness (QED) is 0.445. The summed E-state index contributed by atoms with van der Waals surface area (Å²) in [6.45, 7) is 3.82. The minimum absolute atomic E-state index is 0.121. The molecule has 2 heterocycles. The third-order valence-electron chi connectivity index (χ3n) is 5.67. The molecular formula is C25H25N3O4. The molecular weight excluding hydrogens is 406 g/mol. The van der Waals surface area contributed by atoms with Gasteiger partial charge in [-0.2, -0.15) is 0 Å². The highest BCUT2D eigenvalue weighted by molar-refractivity contribution is 5.82. The molecule has 1 amide bonds. The minimum atomic E-state index is -0.417. The Bertz CT molecular complexity index is 1290. The van der Waals surface area contributed by atoms with Crippen LogP contribution in [0.15, 0.2) is 70.4 Å². The first kappa shape index (κ1) is 21.4. The minimum Gasteiger partial charge on any atom is -0.497 e. The van der Waals surface area contributed by atoms with Crippen molar-refractivity contribution in [1.29, 1.82) is 0 Å². The molecule has 1 atom stereocenters. The molecule has 32 heavy (non-hydrogen) atoms. The lowest BCUT2D eigenvalue weighted by Gasteiger charge is -2.15. The highest BCUT2D eigenvalue weighted by Crippen LogP contribution is 2.24. The molecule has 0 aliphatic carbocycles. The number of hydrogen-bond acceptors (Lipinski definition) is 5. The first-order chi connectivity index (χ1) is 15.5. The number of carbonyl (C=O) groups excluding carboxylic acids is 1. The lowest BCUT2D eigenvalue weighted by atomic mass is 10.0. The third kappa shape index (κ3) is 4.42. The summed E-state index contributed by atoms with van der Waals surface area (Å²) in [4.78, 5) is 29.1. The number of nitrogens with one attached hydrogen (secondary N) is 1. The fraction of sp³-hybridized carbons (Fsp3) is 0.240. The second-order valence-electron chi connectivity index (χ2n) is 7.71. The second-order valence-corrected chi connectivity index (χ2v) is 7.71. The Morgan fingerprint density at radius 2 is 2.00 bits per heavy atom. The molecule has 4 aromatic rings. The number of carbonyl (C=O) groups is 1. The van der Waals surface area contributed by atoms with E-state index in [4.69, 9.17) is 9.15 Å². The van der Waals surface area contributed by atoms with Crippen molar-refractivity contribution in [3.63, 3.8) is 0 Å². The Morgan fingerprint density at radius 1 is 1.22 bits per heavy atom. The van der Waals surface area contributed by atoms with Gasteiger partial charge in [-0.3, -0.25) is 4.79 Å². The fourth-order valence-electron chi connectivity index (χ4n) is 3.77. The average Bonchev–Trinajstić information content (AvgIpc) is 3.33. The van der Waals surface area contributed by atoms with Gasteiger partial charge >= 0.3 is 5.63 Å². The van der Waals surface area contributed by atoms with Crippen LogP contribution in [0.1, 0.15) is 36.1 Å². The highest BCUT2D eigenvalue weighted by Gasteiger charge is 2.15. The summed E-state index contributed by atoms with van der Waals surface area (Å²) < 4.78 is 12.6. The summed E-state index contributed by atoms with van der Waals surface area (Å²) in [5.74, 6) is 0.504. The molecule has 2 aromatic carbocycles. The van der Waals surface area contributed by atoms with Gasteiger partial charge in [0.05, 0.1) is 19.5 Å². The van der Waals surface area contributed by atoms with Gasteiger partial charge in [-0.15, -0.1) is 0 Å². The predicted octanol–water partition coefficient (Wildman–Crippen LogP) is 4.11. The van der Waals surface area contributed by atoms with Crippen molar-refractivity contribution in [3.8, 4) is 11.4 Å². The van der Waals surface area contributed by atoms with Crippen molar-refractivity contribution in [2.24, 2.45) is 0 Å². The summed E-state index contributed by atoms with van der Waals surface area (Å²) in [6.07, 6.45) is 5.86. The van der Waals surface area contributed by atoms with Crippen LogP contribution in [-0.2, 0) is 11.2 Å². The van der Waals surface area contributed by atoms with Crippen LogP contribution in [0.3, 0.4) is 0 Å². The molecule has 0 aliphatic heterocycles. The average molecular weight is 431 g/mol. The Labute approximate surface area is 185 Å². The predicted molar refractivity (Wildman–Crippen MR) is 122 cm³/mol. The van der Waals surface area contributed by atoms with Gasteiger partial charge in [-0.25, -0.2) is 9.78 Å². The van der Waals surface area contributed by atoms with Crippen LogP contribution >= 0.6 is 0 Å². The maximum absolute atomic E-state index is 12.6. The largest absolute Gasteiger partial charge is 0.497 e. The van der Waals surface area contributed by atoms with Crippen molar-refractivity contribution in [2.45, 2.75) is 32.7 Å². The van der Waals surface area contributed by atoms with Crippen LogP contribution in [0.5, 0.6) is 5.75 Å². The summed E-state index contributed by atoms with van der Waals surface area (Å²) in [5, 5.41) is 3.84. The number of aryl methyl sites for hydroxylation is 1. The highest BCUT2D eigenvalue weighted by atomic mass is 16.5. The van der Waals surface area contributed by atoms with Gasteiger partial charge < -0.3 is 19.0 Å². The van der Waals surface area contributed by atoms with Gasteiger partial charge in [0.2, 0.25) is 5.91 Å². The van der Waals surface area contributed by atoms with Crippen molar-refractivity contribution in [3.05, 3.63) is 88.3 Å². The lowest BCUT2D eigenvalue weighted by Crippen LogP contribution is -2.27. The monoisotopic (exact) mass is 431 g/mol. The van der Waals surface area contributed by atoms with Crippen LogP contribution < -0.4 is 15.7 Å². The van der Waals surface area contributed by atoms with Crippen molar-refractivity contribution in [1.82, 2.24) is 14.9 Å². The molecule has 0 aliphatic rings. The molecule has 164 valence electrons. The summed E-state index contributed by atoms with van der Waals surface area (Å²) in [6, 6.07) is 13.2. The standard InChI is InChI=1S/C25H25N3O4/c1-16-21-9-8-20(31-3)14-23(21)32-25(30)22(16)10-11-24(29)27-17(2)18-4-6-19(7-5-18)28-13-12-26-15-28/h4-9,12-15,17H,10-11H2,1-3H3,(H,27,29)/t17-/m1/s1. The van der Waals surface area contributed by atoms with Crippen molar-refractivity contribution >= 4 is 16.9 Å². The molecule has 0 fully saturated rings. The second kappa shape index (κ2) is 9.09. The lowest BCUT2D eigenvalue weighted by molar-refractivity contribution is -0.121. The molecule has 0 saturated heterocycles. The van der Waals surface area contributed by atoms with E-state index < -0.39 is 5.63 Å². The molecule has 0 spiro atoms. The Balaban J connectivity index is 1.41. The first-order valence-electron chi connectivity index (χ1n) is 10.4. The summed E-state index contributed by atoms with van der Waals surface area (Å²) in [7, 11) is 1.56. The number of imidazole rings is 1. The van der Waals surface area contributed by atoms with Crippen molar-refractivity contribution in [2.75, 3.05) is 7.11 Å². The molecule has 0 radical (unpaired) electrons. The number of fused-ring (bicyclic) bond motifs is 1. The zero-order chi connectivity index (χ0) is 22.7. The van der Waals surface area contributed by atoms with E-state index in [1.807, 2.05) is 61.0 Å². The molecule has 4 rings (SSSR count). The van der Waals surface area contributed by atoms with Gasteiger partial charge in [0, 0.05) is 41.5 Å². The third-order valence-corrected chi connectivity index (χ3v) is 5.67. The summed E-state index contributed by atoms with van der Waals surface area (Å²) >= 11 is 0. The zero-order valence-corrected chi connectivity index (χ0v) is 18.3. The number of rotatable bonds is 7. The SMILES string of the molecule is COc1ccc2c(C)c(CCC(=O)N[C@H](C)c3ccc(-n4ccnc4)cc3)c(=O)oc2c1. The van der Waals surface area contributed by atoms with Crippen LogP contribution in [0.2, 0.25) is 0 Å². The molecule has 2 aromatic heterocycles. The van der Waals surface area contributed by atoms with Gasteiger partial charge in [0.15, 0.2) is 0 Å². The zero-order valence-electron chi connectivity index (χ0n) is 18.3. The number of amides is 1.